The van der Waals surface area contributed by atoms with Gasteiger partial charge in [-0.05, 0) is 44.3 Å². The van der Waals surface area contributed by atoms with Crippen LogP contribution in [-0.4, -0.2) is 40.5 Å². The van der Waals surface area contributed by atoms with Crippen molar-refractivity contribution >= 4 is 23.6 Å². The van der Waals surface area contributed by atoms with Gasteiger partial charge in [0.05, 0.1) is 0 Å². The summed E-state index contributed by atoms with van der Waals surface area (Å²) in [6.45, 7) is 4.21. The van der Waals surface area contributed by atoms with Gasteiger partial charge in [-0.25, -0.2) is 4.79 Å². The summed E-state index contributed by atoms with van der Waals surface area (Å²) in [4.78, 5) is 15.9. The maximum atomic E-state index is 11.4. The van der Waals surface area contributed by atoms with Gasteiger partial charge in [-0.15, -0.1) is 0 Å². The van der Waals surface area contributed by atoms with Crippen LogP contribution in [0.1, 0.15) is 31.4 Å². The molecule has 2 rings (SSSR count). The third-order valence-electron chi connectivity index (χ3n) is 3.53. The Balaban J connectivity index is 2.36. The Morgan fingerprint density at radius 1 is 1.48 bits per heavy atom. The van der Waals surface area contributed by atoms with E-state index in [0.29, 0.717) is 12.3 Å². The Morgan fingerprint density at radius 3 is 2.86 bits per heavy atom. The maximum Gasteiger partial charge on any atom is 0.328 e. The van der Waals surface area contributed by atoms with Gasteiger partial charge in [-0.3, -0.25) is 4.99 Å². The molecule has 0 saturated heterocycles. The Kier molecular flexibility index (Phi) is 4.93. The zero-order valence-corrected chi connectivity index (χ0v) is 13.5. The predicted octanol–water partition coefficient (Wildman–Crippen LogP) is 2.56. The average molecular weight is 306 g/mol. The lowest BCUT2D eigenvalue weighted by Gasteiger charge is -2.35. The van der Waals surface area contributed by atoms with E-state index in [1.807, 2.05) is 24.5 Å². The van der Waals surface area contributed by atoms with Gasteiger partial charge in [0.25, 0.3) is 0 Å². The number of carboxylic acid groups (broad SMARTS) is 1. The van der Waals surface area contributed by atoms with Crippen LogP contribution < -0.4 is 5.32 Å². The van der Waals surface area contributed by atoms with Crippen LogP contribution >= 0.6 is 11.8 Å². The van der Waals surface area contributed by atoms with E-state index in [1.54, 1.807) is 11.8 Å². The molecule has 0 fully saturated rings. The van der Waals surface area contributed by atoms with Gasteiger partial charge in [-0.1, -0.05) is 24.3 Å². The van der Waals surface area contributed by atoms with Crippen molar-refractivity contribution in [2.24, 2.45) is 4.99 Å². The van der Waals surface area contributed by atoms with Crippen LogP contribution in [-0.2, 0) is 11.2 Å². The molecule has 21 heavy (non-hydrogen) atoms. The van der Waals surface area contributed by atoms with E-state index < -0.39 is 12.0 Å². The number of carbonyl (C=O) groups is 1. The summed E-state index contributed by atoms with van der Waals surface area (Å²) < 4.78 is 0. The smallest absolute Gasteiger partial charge is 0.328 e. The molecule has 2 N–H and O–H groups in total. The molecule has 1 atom stereocenters. The van der Waals surface area contributed by atoms with E-state index in [4.69, 9.17) is 0 Å². The number of aliphatic carboxylic acids is 1. The van der Waals surface area contributed by atoms with E-state index in [-0.39, 0.29) is 5.54 Å². The molecule has 0 aromatic heterocycles. The number of hydrogen-bond acceptors (Lipinski definition) is 3. The SMILES string of the molecule is CSCC[C@@H](N=C1NC(C)(C)Cc2ccccc21)C(=O)O. The molecule has 0 amide bonds. The highest BCUT2D eigenvalue weighted by atomic mass is 32.2. The van der Waals surface area contributed by atoms with Crippen LogP contribution in [0.25, 0.3) is 0 Å². The Labute approximate surface area is 130 Å². The normalized spacial score (nSPS) is 19.7. The van der Waals surface area contributed by atoms with E-state index >= 15 is 0 Å². The van der Waals surface area contributed by atoms with Gasteiger partial charge < -0.3 is 10.4 Å². The van der Waals surface area contributed by atoms with Crippen molar-refractivity contribution in [1.82, 2.24) is 5.32 Å². The fourth-order valence-electron chi connectivity index (χ4n) is 2.54. The van der Waals surface area contributed by atoms with E-state index in [0.717, 1.165) is 17.7 Å². The van der Waals surface area contributed by atoms with Crippen molar-refractivity contribution in [3.63, 3.8) is 0 Å². The molecule has 0 unspecified atom stereocenters. The molecular formula is C16H22N2O2S. The Bertz CT molecular complexity index is 555. The van der Waals surface area contributed by atoms with Gasteiger partial charge in [0.1, 0.15) is 5.84 Å². The minimum atomic E-state index is -0.862. The third kappa shape index (κ3) is 4.00. The number of rotatable bonds is 5. The second kappa shape index (κ2) is 6.52. The number of nitrogens with one attached hydrogen (secondary N) is 1. The number of benzene rings is 1. The summed E-state index contributed by atoms with van der Waals surface area (Å²) in [6.07, 6.45) is 3.43. The summed E-state index contributed by atoms with van der Waals surface area (Å²) in [7, 11) is 0. The molecule has 1 aromatic carbocycles. The van der Waals surface area contributed by atoms with Gasteiger partial charge in [0, 0.05) is 11.1 Å². The van der Waals surface area contributed by atoms with Crippen molar-refractivity contribution < 1.29 is 9.90 Å². The molecular weight excluding hydrogens is 284 g/mol. The molecule has 0 saturated carbocycles. The minimum Gasteiger partial charge on any atom is -0.480 e. The van der Waals surface area contributed by atoms with Gasteiger partial charge >= 0.3 is 5.97 Å². The number of nitrogens with zero attached hydrogens (tertiary/aromatic N) is 1. The summed E-state index contributed by atoms with van der Waals surface area (Å²) in [5, 5.41) is 12.8. The zero-order chi connectivity index (χ0) is 15.5. The summed E-state index contributed by atoms with van der Waals surface area (Å²) in [6, 6.07) is 7.38. The lowest BCUT2D eigenvalue weighted by Crippen LogP contribution is -2.50. The van der Waals surface area contributed by atoms with Crippen LogP contribution in [0.15, 0.2) is 29.3 Å². The number of fused-ring (bicyclic) bond motifs is 1. The Morgan fingerprint density at radius 2 is 2.19 bits per heavy atom. The fourth-order valence-corrected chi connectivity index (χ4v) is 3.00. The second-order valence-electron chi connectivity index (χ2n) is 5.96. The molecule has 1 aliphatic rings. The second-order valence-corrected chi connectivity index (χ2v) is 6.94. The lowest BCUT2D eigenvalue weighted by atomic mass is 9.87. The van der Waals surface area contributed by atoms with Crippen LogP contribution in [0.2, 0.25) is 0 Å². The van der Waals surface area contributed by atoms with Gasteiger partial charge in [0.15, 0.2) is 6.04 Å². The average Bonchev–Trinajstić information content (AvgIpc) is 2.41. The van der Waals surface area contributed by atoms with Crippen LogP contribution in [0.3, 0.4) is 0 Å². The first-order valence-corrected chi connectivity index (χ1v) is 8.48. The van der Waals surface area contributed by atoms with Crippen molar-refractivity contribution in [3.05, 3.63) is 35.4 Å². The van der Waals surface area contributed by atoms with Crippen molar-refractivity contribution in [3.8, 4) is 0 Å². The van der Waals surface area contributed by atoms with Crippen LogP contribution in [0.4, 0.5) is 0 Å². The molecule has 0 aliphatic carbocycles. The largest absolute Gasteiger partial charge is 0.480 e. The number of amidine groups is 1. The molecule has 1 aliphatic heterocycles. The number of carboxylic acids is 1. The maximum absolute atomic E-state index is 11.4. The zero-order valence-electron chi connectivity index (χ0n) is 12.7. The van der Waals surface area contributed by atoms with Crippen molar-refractivity contribution in [1.29, 1.82) is 0 Å². The van der Waals surface area contributed by atoms with Gasteiger partial charge in [-0.2, -0.15) is 11.8 Å². The molecule has 114 valence electrons. The molecule has 0 spiro atoms. The highest BCUT2D eigenvalue weighted by Crippen LogP contribution is 2.23. The summed E-state index contributed by atoms with van der Waals surface area (Å²) in [5.41, 5.74) is 2.12. The van der Waals surface area contributed by atoms with Crippen molar-refractivity contribution in [2.75, 3.05) is 12.0 Å². The molecule has 1 aromatic rings. The minimum absolute atomic E-state index is 0.115. The van der Waals surface area contributed by atoms with Gasteiger partial charge in [0.2, 0.25) is 0 Å². The molecule has 0 radical (unpaired) electrons. The number of aliphatic imine (C=N–C) groups is 1. The highest BCUT2D eigenvalue weighted by molar-refractivity contribution is 7.98. The quantitative estimate of drug-likeness (QED) is 0.877. The lowest BCUT2D eigenvalue weighted by molar-refractivity contribution is -0.138. The molecule has 1 heterocycles. The fraction of sp³-hybridized carbons (Fsp3) is 0.500. The topological polar surface area (TPSA) is 61.7 Å². The summed E-state index contributed by atoms with van der Waals surface area (Å²) >= 11 is 1.64. The predicted molar refractivity (Wildman–Crippen MR) is 88.3 cm³/mol. The van der Waals surface area contributed by atoms with Crippen LogP contribution in [0, 0.1) is 0 Å². The summed E-state index contributed by atoms with van der Waals surface area (Å²) in [5.74, 6) is 0.633. The first-order chi connectivity index (χ1) is 9.93. The van der Waals surface area contributed by atoms with Crippen molar-refractivity contribution in [2.45, 2.75) is 38.3 Å². The molecule has 0 bridgehead atoms. The van der Waals surface area contributed by atoms with Crippen LogP contribution in [0.5, 0.6) is 0 Å². The first-order valence-electron chi connectivity index (χ1n) is 7.09. The highest BCUT2D eigenvalue weighted by Gasteiger charge is 2.29. The number of hydrogen-bond donors (Lipinski definition) is 2. The monoisotopic (exact) mass is 306 g/mol. The third-order valence-corrected chi connectivity index (χ3v) is 4.17. The molecule has 4 nitrogen and oxygen atoms in total. The van der Waals surface area contributed by atoms with E-state index in [1.165, 1.54) is 5.56 Å². The first kappa shape index (κ1) is 15.9. The number of thioether (sulfide) groups is 1. The Hall–Kier alpha value is -1.49. The standard InChI is InChI=1S/C16H22N2O2S/c1-16(2)10-11-6-4-5-7-12(11)14(18-16)17-13(15(19)20)8-9-21-3/h4-7,13H,8-10H2,1-3H3,(H,17,18)(H,19,20)/t13-/m1/s1. The van der Waals surface area contributed by atoms with E-state index in [9.17, 15) is 9.90 Å². The molecule has 5 heteroatoms. The van der Waals surface area contributed by atoms with E-state index in [2.05, 4.69) is 30.2 Å².